The Balaban J connectivity index is 1.04. The van der Waals surface area contributed by atoms with Crippen molar-refractivity contribution < 1.29 is 4.42 Å². The van der Waals surface area contributed by atoms with Gasteiger partial charge in [0, 0.05) is 38.5 Å². The van der Waals surface area contributed by atoms with Crippen molar-refractivity contribution in [3.8, 4) is 39.1 Å². The van der Waals surface area contributed by atoms with Crippen molar-refractivity contribution in [2.24, 2.45) is 0 Å². The average Bonchev–Trinajstić information content (AvgIpc) is 3.84. The fraction of sp³-hybridized carbons (Fsp3) is 0. The predicted octanol–water partition coefficient (Wildman–Crippen LogP) is 15.2. The zero-order valence-electron chi connectivity index (χ0n) is 31.1. The van der Waals surface area contributed by atoms with E-state index in [4.69, 9.17) is 4.42 Å². The predicted molar refractivity (Wildman–Crippen MR) is 239 cm³/mol. The number of nitrogens with zero attached hydrogens (tertiary/aromatic N) is 2. The Morgan fingerprint density at radius 1 is 0.351 bits per heavy atom. The van der Waals surface area contributed by atoms with Crippen LogP contribution in [0.2, 0.25) is 0 Å². The summed E-state index contributed by atoms with van der Waals surface area (Å²) in [6, 6.07) is 78.0. The van der Waals surface area contributed by atoms with Crippen molar-refractivity contribution in [3.63, 3.8) is 0 Å². The molecule has 0 N–H and O–H groups in total. The van der Waals surface area contributed by atoms with Gasteiger partial charge in [-0.3, -0.25) is 0 Å². The monoisotopic (exact) mass is 728 g/mol. The summed E-state index contributed by atoms with van der Waals surface area (Å²) in [4.78, 5) is 2.31. The fourth-order valence-corrected chi connectivity index (χ4v) is 8.51. The normalized spacial score (nSPS) is 11.5. The number of rotatable bonds is 7. The third kappa shape index (κ3) is 5.60. The van der Waals surface area contributed by atoms with Gasteiger partial charge in [-0.2, -0.15) is 0 Å². The number of hydrogen-bond acceptors (Lipinski definition) is 2. The van der Waals surface area contributed by atoms with Crippen LogP contribution in [0.25, 0.3) is 82.8 Å². The maximum atomic E-state index is 6.61. The molecule has 0 aliphatic rings. The Morgan fingerprint density at radius 2 is 0.895 bits per heavy atom. The highest BCUT2D eigenvalue weighted by Crippen LogP contribution is 2.44. The van der Waals surface area contributed by atoms with Gasteiger partial charge in [0.1, 0.15) is 5.58 Å². The van der Waals surface area contributed by atoms with Crippen molar-refractivity contribution in [2.75, 3.05) is 4.90 Å². The van der Waals surface area contributed by atoms with Crippen molar-refractivity contribution >= 4 is 60.8 Å². The standard InChI is InChI=1S/C54H36N2O/c1-3-14-37(15-4-1)39-26-31-42(32-27-39)55(52-24-13-21-47-46-20-9-12-25-53(46)57-54(47)52)43-33-28-40(29-34-43)44-18-7-10-22-49(44)56-50-23-11-8-19-45(50)48-36-41(30-35-51(48)56)38-16-5-2-6-17-38/h1-36H. The molecular formula is C54H36N2O. The molecule has 9 aromatic carbocycles. The molecule has 0 saturated carbocycles. The Kier molecular flexibility index (Phi) is 7.82. The third-order valence-corrected chi connectivity index (χ3v) is 11.2. The fourth-order valence-electron chi connectivity index (χ4n) is 8.51. The van der Waals surface area contributed by atoms with Crippen LogP contribution in [0.1, 0.15) is 0 Å². The number of benzene rings is 9. The number of hydrogen-bond donors (Lipinski definition) is 0. The molecule has 0 spiro atoms. The van der Waals surface area contributed by atoms with E-state index < -0.39 is 0 Å². The van der Waals surface area contributed by atoms with Crippen molar-refractivity contribution in [1.29, 1.82) is 0 Å². The summed E-state index contributed by atoms with van der Waals surface area (Å²) in [6.07, 6.45) is 0. The summed E-state index contributed by atoms with van der Waals surface area (Å²) in [6.45, 7) is 0. The van der Waals surface area contributed by atoms with Gasteiger partial charge in [-0.1, -0.05) is 158 Å². The Hall–Kier alpha value is -7.62. The molecule has 0 bridgehead atoms. The quantitative estimate of drug-likeness (QED) is 0.163. The maximum absolute atomic E-state index is 6.61. The van der Waals surface area contributed by atoms with Gasteiger partial charge in [-0.15, -0.1) is 0 Å². The van der Waals surface area contributed by atoms with Gasteiger partial charge in [-0.05, 0) is 88.5 Å². The van der Waals surface area contributed by atoms with Gasteiger partial charge in [0.25, 0.3) is 0 Å². The van der Waals surface area contributed by atoms with E-state index in [0.717, 1.165) is 55.8 Å². The largest absolute Gasteiger partial charge is 0.454 e. The number of fused-ring (bicyclic) bond motifs is 6. The first-order valence-corrected chi connectivity index (χ1v) is 19.4. The second-order valence-corrected chi connectivity index (χ2v) is 14.5. The zero-order chi connectivity index (χ0) is 37.7. The minimum absolute atomic E-state index is 0.863. The van der Waals surface area contributed by atoms with Crippen LogP contribution >= 0.6 is 0 Å². The summed E-state index contributed by atoms with van der Waals surface area (Å²) in [5.41, 5.74) is 15.4. The molecular weight excluding hydrogens is 693 g/mol. The smallest absolute Gasteiger partial charge is 0.159 e. The van der Waals surface area contributed by atoms with Crippen LogP contribution < -0.4 is 4.90 Å². The molecule has 0 radical (unpaired) electrons. The summed E-state index contributed by atoms with van der Waals surface area (Å²) >= 11 is 0. The molecule has 0 fully saturated rings. The molecule has 3 nitrogen and oxygen atoms in total. The van der Waals surface area contributed by atoms with Crippen LogP contribution in [-0.2, 0) is 0 Å². The van der Waals surface area contributed by atoms with Gasteiger partial charge < -0.3 is 13.9 Å². The van der Waals surface area contributed by atoms with Gasteiger partial charge in [0.2, 0.25) is 0 Å². The summed E-state index contributed by atoms with van der Waals surface area (Å²) in [5, 5.41) is 4.69. The Labute approximate surface area is 330 Å². The van der Waals surface area contributed by atoms with Crippen molar-refractivity contribution in [2.45, 2.75) is 0 Å². The van der Waals surface area contributed by atoms with E-state index in [9.17, 15) is 0 Å². The van der Waals surface area contributed by atoms with Gasteiger partial charge in [0.15, 0.2) is 5.58 Å². The molecule has 0 amide bonds. The molecule has 3 heteroatoms. The van der Waals surface area contributed by atoms with Crippen LogP contribution in [0.4, 0.5) is 17.1 Å². The molecule has 0 aliphatic carbocycles. The van der Waals surface area contributed by atoms with Gasteiger partial charge >= 0.3 is 0 Å². The van der Waals surface area contributed by atoms with Crippen LogP contribution in [0, 0.1) is 0 Å². The highest BCUT2D eigenvalue weighted by atomic mass is 16.3. The first kappa shape index (κ1) is 32.8. The molecule has 11 aromatic rings. The third-order valence-electron chi connectivity index (χ3n) is 11.2. The first-order chi connectivity index (χ1) is 28.3. The lowest BCUT2D eigenvalue weighted by atomic mass is 10.0. The minimum Gasteiger partial charge on any atom is -0.454 e. The molecule has 11 rings (SSSR count). The minimum atomic E-state index is 0.863. The van der Waals surface area contributed by atoms with Crippen LogP contribution in [0.15, 0.2) is 223 Å². The van der Waals surface area contributed by atoms with Crippen LogP contribution in [-0.4, -0.2) is 4.57 Å². The van der Waals surface area contributed by atoms with Crippen molar-refractivity contribution in [1.82, 2.24) is 4.57 Å². The molecule has 57 heavy (non-hydrogen) atoms. The summed E-state index contributed by atoms with van der Waals surface area (Å²) < 4.78 is 9.03. The summed E-state index contributed by atoms with van der Waals surface area (Å²) in [5.74, 6) is 0. The van der Waals surface area contributed by atoms with E-state index >= 15 is 0 Å². The van der Waals surface area contributed by atoms with E-state index in [2.05, 4.69) is 216 Å². The second kappa shape index (κ2) is 13.6. The van der Waals surface area contributed by atoms with E-state index in [0.29, 0.717) is 0 Å². The van der Waals surface area contributed by atoms with Gasteiger partial charge in [-0.25, -0.2) is 0 Å². The Morgan fingerprint density at radius 3 is 1.65 bits per heavy atom. The molecule has 0 aliphatic heterocycles. The second-order valence-electron chi connectivity index (χ2n) is 14.5. The number of para-hydroxylation sites is 4. The lowest BCUT2D eigenvalue weighted by Gasteiger charge is -2.26. The van der Waals surface area contributed by atoms with Gasteiger partial charge in [0.05, 0.1) is 22.4 Å². The van der Waals surface area contributed by atoms with Crippen LogP contribution in [0.3, 0.4) is 0 Å². The molecule has 2 heterocycles. The number of anilines is 3. The maximum Gasteiger partial charge on any atom is 0.159 e. The Bertz CT molecular complexity index is 3210. The highest BCUT2D eigenvalue weighted by molar-refractivity contribution is 6.12. The average molecular weight is 729 g/mol. The van der Waals surface area contributed by atoms with Crippen LogP contribution in [0.5, 0.6) is 0 Å². The van der Waals surface area contributed by atoms with E-state index in [-0.39, 0.29) is 0 Å². The molecule has 0 atom stereocenters. The lowest BCUT2D eigenvalue weighted by molar-refractivity contribution is 0.669. The van der Waals surface area contributed by atoms with E-state index in [1.807, 2.05) is 12.1 Å². The topological polar surface area (TPSA) is 21.3 Å². The number of furan rings is 1. The molecule has 0 unspecified atom stereocenters. The zero-order valence-corrected chi connectivity index (χ0v) is 31.1. The van der Waals surface area contributed by atoms with E-state index in [1.54, 1.807) is 0 Å². The SMILES string of the molecule is c1ccc(-c2ccc(N(c3ccc(-c4ccccc4-n4c5ccccc5c5cc(-c6ccccc6)ccc54)cc3)c3cccc4c3oc3ccccc34)cc2)cc1. The molecule has 268 valence electrons. The van der Waals surface area contributed by atoms with Crippen molar-refractivity contribution in [3.05, 3.63) is 218 Å². The molecule has 0 saturated heterocycles. The first-order valence-electron chi connectivity index (χ1n) is 19.4. The summed E-state index contributed by atoms with van der Waals surface area (Å²) in [7, 11) is 0. The van der Waals surface area contributed by atoms with E-state index in [1.165, 1.54) is 44.1 Å². The molecule has 2 aromatic heterocycles. The lowest BCUT2D eigenvalue weighted by Crippen LogP contribution is -2.10. The number of aromatic nitrogens is 1. The highest BCUT2D eigenvalue weighted by Gasteiger charge is 2.21.